The third-order valence-corrected chi connectivity index (χ3v) is 4.18. The molecule has 1 atom stereocenters. The number of aldehydes is 1. The average molecular weight is 402 g/mol. The molecule has 0 bridgehead atoms. The molecule has 0 aromatic heterocycles. The number of likely N-dealkylation sites (tertiary alicyclic amines) is 1. The summed E-state index contributed by atoms with van der Waals surface area (Å²) in [5.41, 5.74) is 9.14. The van der Waals surface area contributed by atoms with Crippen LogP contribution in [-0.2, 0) is 4.79 Å². The van der Waals surface area contributed by atoms with Crippen molar-refractivity contribution in [2.24, 2.45) is 5.11 Å². The lowest BCUT2D eigenvalue weighted by molar-refractivity contribution is -0.111. The molecule has 0 saturated carbocycles. The Balaban J connectivity index is 2.48. The van der Waals surface area contributed by atoms with Gasteiger partial charge in [0.1, 0.15) is 6.29 Å². The fourth-order valence-electron chi connectivity index (χ4n) is 2.22. The summed E-state index contributed by atoms with van der Waals surface area (Å²) in [6.45, 7) is 0.530. The van der Waals surface area contributed by atoms with E-state index in [4.69, 9.17) is 5.53 Å². The zero-order valence-corrected chi connectivity index (χ0v) is 13.5. The van der Waals surface area contributed by atoms with Crippen LogP contribution in [0.4, 0.5) is 5.69 Å². The fourth-order valence-corrected chi connectivity index (χ4v) is 3.52. The Kier molecular flexibility index (Phi) is 4.80. The number of halogens is 2. The van der Waals surface area contributed by atoms with Crippen LogP contribution in [0.1, 0.15) is 23.2 Å². The highest BCUT2D eigenvalue weighted by atomic mass is 79.9. The smallest absolute Gasteiger partial charge is 0.255 e. The van der Waals surface area contributed by atoms with Gasteiger partial charge in [0, 0.05) is 20.4 Å². The number of nitrogens with zero attached hydrogens (tertiary/aromatic N) is 4. The molecule has 1 aliphatic heterocycles. The molecule has 8 heteroatoms. The Bertz CT molecular complexity index is 614. The fraction of sp³-hybridized carbons (Fsp3) is 0.333. The number of carbonyl (C=O) groups excluding carboxylic acids is 2. The maximum Gasteiger partial charge on any atom is 0.255 e. The maximum atomic E-state index is 12.6. The lowest BCUT2D eigenvalue weighted by atomic mass is 10.1. The highest BCUT2D eigenvalue weighted by Gasteiger charge is 2.30. The first-order valence-electron chi connectivity index (χ1n) is 5.89. The molecular weight excluding hydrogens is 392 g/mol. The molecule has 0 aliphatic carbocycles. The van der Waals surface area contributed by atoms with Crippen LogP contribution < -0.4 is 0 Å². The van der Waals surface area contributed by atoms with Crippen molar-refractivity contribution in [2.75, 3.05) is 6.54 Å². The van der Waals surface area contributed by atoms with E-state index in [-0.39, 0.29) is 17.2 Å². The number of benzene rings is 1. The van der Waals surface area contributed by atoms with Crippen LogP contribution in [0.25, 0.3) is 10.4 Å². The number of rotatable bonds is 3. The van der Waals surface area contributed by atoms with E-state index >= 15 is 0 Å². The van der Waals surface area contributed by atoms with Crippen molar-refractivity contribution in [2.45, 2.75) is 18.9 Å². The van der Waals surface area contributed by atoms with Crippen molar-refractivity contribution in [1.29, 1.82) is 0 Å². The third kappa shape index (κ3) is 2.87. The van der Waals surface area contributed by atoms with E-state index in [1.54, 1.807) is 12.1 Å². The second-order valence-corrected chi connectivity index (χ2v) is 6.09. The van der Waals surface area contributed by atoms with E-state index in [2.05, 4.69) is 41.9 Å². The summed E-state index contributed by atoms with van der Waals surface area (Å²) in [4.78, 5) is 27.8. The van der Waals surface area contributed by atoms with Gasteiger partial charge in [-0.1, -0.05) is 37.0 Å². The van der Waals surface area contributed by atoms with Crippen molar-refractivity contribution >= 4 is 49.7 Å². The minimum atomic E-state index is -0.404. The minimum Gasteiger partial charge on any atom is -0.329 e. The van der Waals surface area contributed by atoms with Gasteiger partial charge in [-0.25, -0.2) is 0 Å². The zero-order chi connectivity index (χ0) is 14.7. The molecule has 1 amide bonds. The molecule has 1 aliphatic rings. The molecule has 0 N–H and O–H groups in total. The second-order valence-electron chi connectivity index (χ2n) is 4.32. The molecule has 20 heavy (non-hydrogen) atoms. The van der Waals surface area contributed by atoms with Gasteiger partial charge >= 0.3 is 0 Å². The quantitative estimate of drug-likeness (QED) is 0.332. The van der Waals surface area contributed by atoms with Crippen LogP contribution in [0.15, 0.2) is 26.2 Å². The number of carbonyl (C=O) groups is 2. The van der Waals surface area contributed by atoms with Crippen molar-refractivity contribution in [3.8, 4) is 0 Å². The van der Waals surface area contributed by atoms with Gasteiger partial charge in [-0.05, 0) is 30.5 Å². The molecule has 6 nitrogen and oxygen atoms in total. The summed E-state index contributed by atoms with van der Waals surface area (Å²) in [6, 6.07) is 2.89. The predicted molar refractivity (Wildman–Crippen MR) is 80.8 cm³/mol. The molecule has 1 aromatic carbocycles. The normalized spacial score (nSPS) is 17.7. The van der Waals surface area contributed by atoms with Gasteiger partial charge in [0.05, 0.1) is 17.3 Å². The standard InChI is InChI=1S/C12H10Br2N4O2/c13-7-4-9(11(16-17-15)10(14)5-7)12(20)18-3-1-2-8(18)6-19/h4-6,8H,1-3H2/t8-/m0/s1. The van der Waals surface area contributed by atoms with E-state index in [0.717, 1.165) is 12.7 Å². The molecule has 1 aromatic rings. The summed E-state index contributed by atoms with van der Waals surface area (Å²) in [5.74, 6) is -0.302. The van der Waals surface area contributed by atoms with Gasteiger partial charge in [-0.15, -0.1) is 0 Å². The molecule has 0 unspecified atom stereocenters. The summed E-state index contributed by atoms with van der Waals surface area (Å²) in [7, 11) is 0. The number of hydrogen-bond donors (Lipinski definition) is 0. The largest absolute Gasteiger partial charge is 0.329 e. The van der Waals surface area contributed by atoms with Crippen LogP contribution in [0.5, 0.6) is 0 Å². The van der Waals surface area contributed by atoms with Crippen LogP contribution in [-0.4, -0.2) is 29.7 Å². The van der Waals surface area contributed by atoms with E-state index in [9.17, 15) is 9.59 Å². The summed E-state index contributed by atoms with van der Waals surface area (Å²) < 4.78 is 1.21. The lowest BCUT2D eigenvalue weighted by Crippen LogP contribution is -2.36. The van der Waals surface area contributed by atoms with Crippen LogP contribution >= 0.6 is 31.9 Å². The van der Waals surface area contributed by atoms with Gasteiger partial charge in [0.15, 0.2) is 0 Å². The van der Waals surface area contributed by atoms with Crippen molar-refractivity contribution in [3.63, 3.8) is 0 Å². The van der Waals surface area contributed by atoms with Crippen molar-refractivity contribution in [1.82, 2.24) is 4.90 Å². The zero-order valence-electron chi connectivity index (χ0n) is 10.3. The Morgan fingerprint density at radius 1 is 1.50 bits per heavy atom. The van der Waals surface area contributed by atoms with E-state index in [1.807, 2.05) is 0 Å². The van der Waals surface area contributed by atoms with Crippen molar-refractivity contribution < 1.29 is 9.59 Å². The Morgan fingerprint density at radius 3 is 2.90 bits per heavy atom. The Morgan fingerprint density at radius 2 is 2.25 bits per heavy atom. The van der Waals surface area contributed by atoms with Gasteiger partial charge in [-0.2, -0.15) is 0 Å². The average Bonchev–Trinajstić information content (AvgIpc) is 2.89. The highest BCUT2D eigenvalue weighted by molar-refractivity contribution is 9.11. The molecule has 1 saturated heterocycles. The lowest BCUT2D eigenvalue weighted by Gasteiger charge is -2.21. The predicted octanol–water partition coefficient (Wildman–Crippen LogP) is 3.96. The number of hydrogen-bond acceptors (Lipinski definition) is 3. The first kappa shape index (κ1) is 15.0. The van der Waals surface area contributed by atoms with Crippen LogP contribution in [0, 0.1) is 0 Å². The summed E-state index contributed by atoms with van der Waals surface area (Å²) >= 11 is 6.58. The monoisotopic (exact) mass is 400 g/mol. The molecule has 0 radical (unpaired) electrons. The Labute approximate surface area is 132 Å². The number of azide groups is 1. The minimum absolute atomic E-state index is 0.234. The van der Waals surface area contributed by atoms with Gasteiger partial charge in [-0.3, -0.25) is 4.79 Å². The number of amides is 1. The topological polar surface area (TPSA) is 86.1 Å². The SMILES string of the molecule is [N-]=[N+]=Nc1c(Br)cc(Br)cc1C(=O)N1CCC[C@H]1C=O. The summed E-state index contributed by atoms with van der Waals surface area (Å²) in [5, 5.41) is 3.57. The van der Waals surface area contributed by atoms with Gasteiger partial charge < -0.3 is 9.69 Å². The molecule has 104 valence electrons. The van der Waals surface area contributed by atoms with Gasteiger partial charge in [0.25, 0.3) is 5.91 Å². The van der Waals surface area contributed by atoms with Crippen LogP contribution in [0.2, 0.25) is 0 Å². The maximum absolute atomic E-state index is 12.6. The third-order valence-electron chi connectivity index (χ3n) is 3.12. The first-order chi connectivity index (χ1) is 9.58. The molecule has 0 spiro atoms. The second kappa shape index (κ2) is 6.39. The molecule has 2 rings (SSSR count). The molecular formula is C12H10Br2N4O2. The summed E-state index contributed by atoms with van der Waals surface area (Å²) in [6.07, 6.45) is 2.24. The van der Waals surface area contributed by atoms with E-state index in [0.29, 0.717) is 21.9 Å². The Hall–Kier alpha value is -1.37. The van der Waals surface area contributed by atoms with E-state index < -0.39 is 6.04 Å². The van der Waals surface area contributed by atoms with Crippen molar-refractivity contribution in [3.05, 3.63) is 37.1 Å². The first-order valence-corrected chi connectivity index (χ1v) is 7.47. The van der Waals surface area contributed by atoms with Crippen LogP contribution in [0.3, 0.4) is 0 Å². The van der Waals surface area contributed by atoms with E-state index in [1.165, 1.54) is 4.90 Å². The highest BCUT2D eigenvalue weighted by Crippen LogP contribution is 2.35. The molecule has 1 heterocycles. The molecule has 1 fully saturated rings. The van der Waals surface area contributed by atoms with Gasteiger partial charge in [0.2, 0.25) is 0 Å².